The lowest BCUT2D eigenvalue weighted by Crippen LogP contribution is -2.39. The van der Waals surface area contributed by atoms with E-state index >= 15 is 0 Å². The summed E-state index contributed by atoms with van der Waals surface area (Å²) in [6, 6.07) is 14.9. The molecule has 0 bridgehead atoms. The summed E-state index contributed by atoms with van der Waals surface area (Å²) in [5.41, 5.74) is 2.74. The van der Waals surface area contributed by atoms with Crippen molar-refractivity contribution in [2.24, 2.45) is 0 Å². The van der Waals surface area contributed by atoms with Gasteiger partial charge in [0.25, 0.3) is 11.1 Å². The maximum absolute atomic E-state index is 12.6. The maximum Gasteiger partial charge on any atom is 0.294 e. The van der Waals surface area contributed by atoms with E-state index in [9.17, 15) is 14.4 Å². The molecule has 2 aromatic rings. The summed E-state index contributed by atoms with van der Waals surface area (Å²) < 4.78 is 5.10. The number of imide groups is 1. The van der Waals surface area contributed by atoms with E-state index in [0.29, 0.717) is 11.4 Å². The first-order valence-corrected chi connectivity index (χ1v) is 10.1. The van der Waals surface area contributed by atoms with Gasteiger partial charge in [0.2, 0.25) is 5.91 Å². The highest BCUT2D eigenvalue weighted by Crippen LogP contribution is 2.32. The topological polar surface area (TPSA) is 79.0 Å². The lowest BCUT2D eigenvalue weighted by Gasteiger charge is -2.13. The third kappa shape index (κ3) is 5.21. The van der Waals surface area contributed by atoms with Crippen molar-refractivity contribution >= 4 is 40.6 Å². The van der Waals surface area contributed by atoms with E-state index in [1.165, 1.54) is 0 Å². The van der Waals surface area contributed by atoms with Crippen LogP contribution in [0.4, 0.5) is 10.5 Å². The number of ether oxygens (including phenoxy) is 1. The molecule has 1 aliphatic heterocycles. The van der Waals surface area contributed by atoms with Gasteiger partial charge in [0.05, 0.1) is 12.0 Å². The number of hydrogen-bond acceptors (Lipinski definition) is 6. The number of thioether (sulfide) groups is 1. The molecule has 1 saturated heterocycles. The Hall–Kier alpha value is -3.26. The largest absolute Gasteiger partial charge is 0.497 e. The van der Waals surface area contributed by atoms with Crippen molar-refractivity contribution in [3.8, 4) is 5.75 Å². The molecular formula is C22H23N3O4S. The SMILES string of the molecule is COc1ccc(CNC(=O)CN2C(=O)S/C(=C\c3ccc(N(C)C)cc3)C2=O)cc1. The quantitative estimate of drug-likeness (QED) is 0.687. The summed E-state index contributed by atoms with van der Waals surface area (Å²) in [5.74, 6) is -0.128. The number of carbonyl (C=O) groups excluding carboxylic acids is 3. The highest BCUT2D eigenvalue weighted by molar-refractivity contribution is 8.18. The molecule has 0 spiro atoms. The van der Waals surface area contributed by atoms with Crippen molar-refractivity contribution in [3.05, 3.63) is 64.6 Å². The number of nitrogens with one attached hydrogen (secondary N) is 1. The molecule has 1 aliphatic rings. The van der Waals surface area contributed by atoms with Gasteiger partial charge in [-0.1, -0.05) is 24.3 Å². The van der Waals surface area contributed by atoms with Crippen molar-refractivity contribution in [2.75, 3.05) is 32.6 Å². The average molecular weight is 426 g/mol. The van der Waals surface area contributed by atoms with E-state index in [4.69, 9.17) is 4.74 Å². The van der Waals surface area contributed by atoms with Gasteiger partial charge >= 0.3 is 0 Å². The Balaban J connectivity index is 1.59. The summed E-state index contributed by atoms with van der Waals surface area (Å²) in [6.45, 7) is -0.00909. The van der Waals surface area contributed by atoms with Crippen molar-refractivity contribution in [2.45, 2.75) is 6.54 Å². The maximum atomic E-state index is 12.6. The van der Waals surface area contributed by atoms with Crippen LogP contribution in [-0.4, -0.2) is 49.7 Å². The molecular weight excluding hydrogens is 402 g/mol. The molecule has 0 aliphatic carbocycles. The number of amides is 3. The van der Waals surface area contributed by atoms with E-state index in [1.807, 2.05) is 55.4 Å². The van der Waals surface area contributed by atoms with E-state index in [2.05, 4.69) is 5.32 Å². The van der Waals surface area contributed by atoms with E-state index in [1.54, 1.807) is 25.3 Å². The number of benzene rings is 2. The molecule has 0 saturated carbocycles. The molecule has 7 nitrogen and oxygen atoms in total. The summed E-state index contributed by atoms with van der Waals surface area (Å²) in [4.78, 5) is 40.3. The Kier molecular flexibility index (Phi) is 6.79. The third-order valence-corrected chi connectivity index (χ3v) is 5.44. The minimum absolute atomic E-state index is 0.299. The van der Waals surface area contributed by atoms with Crippen LogP contribution in [-0.2, 0) is 16.1 Å². The number of methoxy groups -OCH3 is 1. The monoisotopic (exact) mass is 425 g/mol. The molecule has 1 fully saturated rings. The zero-order valence-electron chi connectivity index (χ0n) is 17.0. The van der Waals surface area contributed by atoms with Gasteiger partial charge in [0.15, 0.2) is 0 Å². The molecule has 1 N–H and O–H groups in total. The van der Waals surface area contributed by atoms with Gasteiger partial charge in [-0.3, -0.25) is 19.3 Å². The Morgan fingerprint density at radius 1 is 1.10 bits per heavy atom. The molecule has 3 rings (SSSR count). The molecule has 0 radical (unpaired) electrons. The first-order chi connectivity index (χ1) is 14.4. The minimum Gasteiger partial charge on any atom is -0.497 e. The summed E-state index contributed by atoms with van der Waals surface area (Å²) in [6.07, 6.45) is 1.67. The van der Waals surface area contributed by atoms with Crippen LogP contribution in [0.1, 0.15) is 11.1 Å². The fraction of sp³-hybridized carbons (Fsp3) is 0.227. The minimum atomic E-state index is -0.457. The van der Waals surface area contributed by atoms with Crippen LogP contribution >= 0.6 is 11.8 Å². The van der Waals surface area contributed by atoms with Crippen LogP contribution in [0, 0.1) is 0 Å². The summed E-state index contributed by atoms with van der Waals surface area (Å²) >= 11 is 0.842. The molecule has 0 atom stereocenters. The van der Waals surface area contributed by atoms with Gasteiger partial charge in [0.1, 0.15) is 12.3 Å². The lowest BCUT2D eigenvalue weighted by molar-refractivity contribution is -0.129. The van der Waals surface area contributed by atoms with Crippen LogP contribution in [0.15, 0.2) is 53.4 Å². The second-order valence-corrected chi connectivity index (χ2v) is 7.87. The van der Waals surface area contributed by atoms with Crippen molar-refractivity contribution in [3.63, 3.8) is 0 Å². The molecule has 0 aromatic heterocycles. The predicted octanol–water partition coefficient (Wildman–Crippen LogP) is 3.11. The van der Waals surface area contributed by atoms with Crippen LogP contribution in [0.2, 0.25) is 0 Å². The number of rotatable bonds is 7. The fourth-order valence-corrected chi connectivity index (χ4v) is 3.64. The summed E-state index contributed by atoms with van der Waals surface area (Å²) in [7, 11) is 5.47. The molecule has 8 heteroatoms. The first kappa shape index (κ1) is 21.4. The van der Waals surface area contributed by atoms with Crippen LogP contribution in [0.25, 0.3) is 6.08 Å². The van der Waals surface area contributed by atoms with E-state index in [-0.39, 0.29) is 6.54 Å². The normalized spacial score (nSPS) is 14.9. The summed E-state index contributed by atoms with van der Waals surface area (Å²) in [5, 5.41) is 2.28. The Morgan fingerprint density at radius 2 is 1.77 bits per heavy atom. The smallest absolute Gasteiger partial charge is 0.294 e. The van der Waals surface area contributed by atoms with Gasteiger partial charge in [-0.2, -0.15) is 0 Å². The Morgan fingerprint density at radius 3 is 2.37 bits per heavy atom. The van der Waals surface area contributed by atoms with Gasteiger partial charge in [-0.05, 0) is 53.2 Å². The van der Waals surface area contributed by atoms with Gasteiger partial charge < -0.3 is 15.0 Å². The second-order valence-electron chi connectivity index (χ2n) is 6.88. The number of nitrogens with zero attached hydrogens (tertiary/aromatic N) is 2. The zero-order chi connectivity index (χ0) is 21.7. The van der Waals surface area contributed by atoms with Gasteiger partial charge in [-0.25, -0.2) is 0 Å². The zero-order valence-corrected chi connectivity index (χ0v) is 17.9. The molecule has 1 heterocycles. The van der Waals surface area contributed by atoms with Gasteiger partial charge in [-0.15, -0.1) is 0 Å². The van der Waals surface area contributed by atoms with E-state index < -0.39 is 17.1 Å². The second kappa shape index (κ2) is 9.49. The highest BCUT2D eigenvalue weighted by atomic mass is 32.2. The lowest BCUT2D eigenvalue weighted by atomic mass is 10.2. The van der Waals surface area contributed by atoms with Crippen molar-refractivity contribution in [1.29, 1.82) is 0 Å². The molecule has 0 unspecified atom stereocenters. The third-order valence-electron chi connectivity index (χ3n) is 4.53. The first-order valence-electron chi connectivity index (χ1n) is 9.30. The van der Waals surface area contributed by atoms with Crippen LogP contribution in [0.5, 0.6) is 5.75 Å². The van der Waals surface area contributed by atoms with Gasteiger partial charge in [0, 0.05) is 26.3 Å². The predicted molar refractivity (Wildman–Crippen MR) is 118 cm³/mol. The molecule has 30 heavy (non-hydrogen) atoms. The van der Waals surface area contributed by atoms with Crippen LogP contribution in [0.3, 0.4) is 0 Å². The number of hydrogen-bond donors (Lipinski definition) is 1. The van der Waals surface area contributed by atoms with Crippen molar-refractivity contribution < 1.29 is 19.1 Å². The molecule has 3 amide bonds. The van der Waals surface area contributed by atoms with Crippen LogP contribution < -0.4 is 15.0 Å². The number of anilines is 1. The van der Waals surface area contributed by atoms with E-state index in [0.717, 1.165) is 39.2 Å². The highest BCUT2D eigenvalue weighted by Gasteiger charge is 2.36. The Labute approximate surface area is 179 Å². The Bertz CT molecular complexity index is 969. The molecule has 156 valence electrons. The average Bonchev–Trinajstić information content (AvgIpc) is 3.00. The molecule has 2 aromatic carbocycles. The number of carbonyl (C=O) groups is 3. The van der Waals surface area contributed by atoms with Crippen molar-refractivity contribution in [1.82, 2.24) is 10.2 Å². The fourth-order valence-electron chi connectivity index (χ4n) is 2.80. The standard InChI is InChI=1S/C22H23N3O4S/c1-24(2)17-8-4-15(5-9-17)12-19-21(27)25(22(28)30-19)14-20(26)23-13-16-6-10-18(29-3)11-7-16/h4-12H,13-14H2,1-3H3,(H,23,26)/b19-12-.